The lowest BCUT2D eigenvalue weighted by Crippen LogP contribution is -2.45. The van der Waals surface area contributed by atoms with E-state index in [1.54, 1.807) is 39.3 Å². The molecular weight excluding hydrogens is 276 g/mol. The first-order valence-electron chi connectivity index (χ1n) is 6.51. The Morgan fingerprint density at radius 2 is 2.14 bits per heavy atom. The fourth-order valence-corrected chi connectivity index (χ4v) is 2.11. The Morgan fingerprint density at radius 1 is 1.38 bits per heavy atom. The van der Waals surface area contributed by atoms with Crippen molar-refractivity contribution in [2.75, 3.05) is 14.2 Å². The van der Waals surface area contributed by atoms with Gasteiger partial charge in [-0.3, -0.25) is 4.79 Å². The molecule has 1 aliphatic heterocycles. The Labute approximate surface area is 122 Å². The summed E-state index contributed by atoms with van der Waals surface area (Å²) in [7, 11) is 3.12. The first-order chi connectivity index (χ1) is 10.0. The number of amides is 2. The highest BCUT2D eigenvalue weighted by molar-refractivity contribution is 5.88. The maximum absolute atomic E-state index is 12.1. The van der Waals surface area contributed by atoms with Crippen LogP contribution in [0.2, 0.25) is 0 Å². The van der Waals surface area contributed by atoms with Crippen LogP contribution in [-0.4, -0.2) is 38.4 Å². The molecule has 0 spiro atoms. The molecule has 1 saturated heterocycles. The molecule has 0 radical (unpaired) electrons. The van der Waals surface area contributed by atoms with E-state index in [9.17, 15) is 9.59 Å². The van der Waals surface area contributed by atoms with Crippen molar-refractivity contribution in [3.63, 3.8) is 0 Å². The van der Waals surface area contributed by atoms with Crippen LogP contribution in [0.15, 0.2) is 18.2 Å². The largest absolute Gasteiger partial charge is 0.497 e. The molecule has 21 heavy (non-hydrogen) atoms. The summed E-state index contributed by atoms with van der Waals surface area (Å²) in [5.74, 6) is 1.01. The number of methoxy groups -OCH3 is 2. The number of nitrogens with one attached hydrogen (secondary N) is 2. The lowest BCUT2D eigenvalue weighted by molar-refractivity contribution is -0.123. The fraction of sp³-hybridized carbons (Fsp3) is 0.429. The van der Waals surface area contributed by atoms with E-state index in [-0.39, 0.29) is 12.5 Å². The third kappa shape index (κ3) is 3.36. The summed E-state index contributed by atoms with van der Waals surface area (Å²) in [6, 6.07) is 4.64. The van der Waals surface area contributed by atoms with Gasteiger partial charge in [-0.1, -0.05) is 0 Å². The Kier molecular flexibility index (Phi) is 4.52. The minimum atomic E-state index is -0.686. The number of cyclic esters (lactones) is 1. The van der Waals surface area contributed by atoms with Gasteiger partial charge >= 0.3 is 6.09 Å². The average molecular weight is 294 g/mol. The number of ether oxygens (including phenoxy) is 3. The molecule has 0 aliphatic carbocycles. The van der Waals surface area contributed by atoms with Crippen molar-refractivity contribution < 1.29 is 23.8 Å². The van der Waals surface area contributed by atoms with Gasteiger partial charge in [0.25, 0.3) is 0 Å². The second-order valence-corrected chi connectivity index (χ2v) is 4.63. The second kappa shape index (κ2) is 6.34. The predicted octanol–water partition coefficient (Wildman–Crippen LogP) is 0.817. The topological polar surface area (TPSA) is 85.9 Å². The third-order valence-corrected chi connectivity index (χ3v) is 3.26. The number of hydrogen-bond acceptors (Lipinski definition) is 5. The molecule has 0 aromatic heterocycles. The van der Waals surface area contributed by atoms with Gasteiger partial charge in [-0.15, -0.1) is 0 Å². The van der Waals surface area contributed by atoms with E-state index in [0.29, 0.717) is 11.5 Å². The highest BCUT2D eigenvalue weighted by Crippen LogP contribution is 2.23. The molecular formula is C14H18N2O5. The highest BCUT2D eigenvalue weighted by Gasteiger charge is 2.35. The number of carbonyl (C=O) groups is 2. The summed E-state index contributed by atoms with van der Waals surface area (Å²) >= 11 is 0. The van der Waals surface area contributed by atoms with Gasteiger partial charge in [-0.05, 0) is 25.1 Å². The van der Waals surface area contributed by atoms with E-state index in [0.717, 1.165) is 5.56 Å². The zero-order valence-corrected chi connectivity index (χ0v) is 12.1. The Morgan fingerprint density at radius 3 is 2.71 bits per heavy atom. The van der Waals surface area contributed by atoms with Crippen LogP contribution in [0, 0.1) is 0 Å². The SMILES string of the molecule is COc1ccc(OC)c(CNC(=O)[C@@H]2NC(=O)O[C@H]2C)c1. The van der Waals surface area contributed by atoms with Crippen molar-refractivity contribution in [2.45, 2.75) is 25.6 Å². The first kappa shape index (κ1) is 15.0. The molecule has 2 atom stereocenters. The average Bonchev–Trinajstić information content (AvgIpc) is 2.83. The molecule has 1 aromatic rings. The standard InChI is InChI=1S/C14H18N2O5/c1-8-12(16-14(18)21-8)13(17)15-7-9-6-10(19-2)4-5-11(9)20-3/h4-6,8,12H,7H2,1-3H3,(H,15,17)(H,16,18)/t8-,12+/m0/s1. The molecule has 1 aliphatic rings. The molecule has 1 heterocycles. The Bertz CT molecular complexity index is 546. The van der Waals surface area contributed by atoms with E-state index in [1.165, 1.54) is 0 Å². The van der Waals surface area contributed by atoms with Gasteiger partial charge in [0.1, 0.15) is 23.6 Å². The Balaban J connectivity index is 2.02. The van der Waals surface area contributed by atoms with Crippen molar-refractivity contribution in [3.05, 3.63) is 23.8 Å². The van der Waals surface area contributed by atoms with Crippen LogP contribution in [0.5, 0.6) is 11.5 Å². The zero-order chi connectivity index (χ0) is 15.4. The summed E-state index contributed by atoms with van der Waals surface area (Å²) in [6.45, 7) is 1.92. The predicted molar refractivity (Wildman–Crippen MR) is 74.3 cm³/mol. The maximum Gasteiger partial charge on any atom is 0.408 e. The molecule has 1 aromatic carbocycles. The summed E-state index contributed by atoms with van der Waals surface area (Å²) in [6.07, 6.45) is -1.08. The van der Waals surface area contributed by atoms with Crippen LogP contribution in [0.1, 0.15) is 12.5 Å². The van der Waals surface area contributed by atoms with Gasteiger partial charge in [0.05, 0.1) is 14.2 Å². The van der Waals surface area contributed by atoms with E-state index < -0.39 is 18.2 Å². The van der Waals surface area contributed by atoms with E-state index in [4.69, 9.17) is 14.2 Å². The minimum Gasteiger partial charge on any atom is -0.497 e. The van der Waals surface area contributed by atoms with Crippen LogP contribution >= 0.6 is 0 Å². The molecule has 2 rings (SSSR count). The number of carbonyl (C=O) groups excluding carboxylic acids is 2. The van der Waals surface area contributed by atoms with Crippen molar-refractivity contribution in [1.29, 1.82) is 0 Å². The van der Waals surface area contributed by atoms with E-state index in [2.05, 4.69) is 10.6 Å². The summed E-state index contributed by atoms with van der Waals surface area (Å²) < 4.78 is 15.3. The molecule has 2 amide bonds. The highest BCUT2D eigenvalue weighted by atomic mass is 16.6. The Hall–Kier alpha value is -2.44. The van der Waals surface area contributed by atoms with Crippen LogP contribution in [0.4, 0.5) is 4.79 Å². The zero-order valence-electron chi connectivity index (χ0n) is 12.1. The van der Waals surface area contributed by atoms with Crippen LogP contribution in [0.3, 0.4) is 0 Å². The lowest BCUT2D eigenvalue weighted by Gasteiger charge is -2.15. The van der Waals surface area contributed by atoms with Crippen LogP contribution in [-0.2, 0) is 16.1 Å². The summed E-state index contributed by atoms with van der Waals surface area (Å²) in [4.78, 5) is 23.1. The van der Waals surface area contributed by atoms with Gasteiger partial charge in [0.15, 0.2) is 0 Å². The van der Waals surface area contributed by atoms with Gasteiger partial charge in [0.2, 0.25) is 5.91 Å². The van der Waals surface area contributed by atoms with Crippen molar-refractivity contribution in [2.24, 2.45) is 0 Å². The molecule has 7 nitrogen and oxygen atoms in total. The number of rotatable bonds is 5. The molecule has 0 unspecified atom stereocenters. The smallest absolute Gasteiger partial charge is 0.408 e. The molecule has 0 bridgehead atoms. The molecule has 0 saturated carbocycles. The van der Waals surface area contributed by atoms with Crippen molar-refractivity contribution in [1.82, 2.24) is 10.6 Å². The van der Waals surface area contributed by atoms with Gasteiger partial charge < -0.3 is 24.8 Å². The monoisotopic (exact) mass is 294 g/mol. The minimum absolute atomic E-state index is 0.262. The molecule has 2 N–H and O–H groups in total. The lowest BCUT2D eigenvalue weighted by atomic mass is 10.1. The second-order valence-electron chi connectivity index (χ2n) is 4.63. The van der Waals surface area contributed by atoms with Gasteiger partial charge in [-0.2, -0.15) is 0 Å². The summed E-state index contributed by atoms with van der Waals surface area (Å²) in [5.41, 5.74) is 0.781. The fourth-order valence-electron chi connectivity index (χ4n) is 2.11. The maximum atomic E-state index is 12.1. The molecule has 114 valence electrons. The normalized spacial score (nSPS) is 20.4. The first-order valence-corrected chi connectivity index (χ1v) is 6.51. The summed E-state index contributed by atoms with van der Waals surface area (Å²) in [5, 5.41) is 5.21. The molecule has 1 fully saturated rings. The van der Waals surface area contributed by atoms with Crippen LogP contribution in [0.25, 0.3) is 0 Å². The van der Waals surface area contributed by atoms with Gasteiger partial charge in [-0.25, -0.2) is 4.79 Å². The van der Waals surface area contributed by atoms with E-state index in [1.807, 2.05) is 0 Å². The number of alkyl carbamates (subject to hydrolysis) is 1. The third-order valence-electron chi connectivity index (χ3n) is 3.26. The van der Waals surface area contributed by atoms with Crippen molar-refractivity contribution in [3.8, 4) is 11.5 Å². The molecule has 7 heteroatoms. The van der Waals surface area contributed by atoms with Crippen LogP contribution < -0.4 is 20.1 Å². The van der Waals surface area contributed by atoms with Crippen molar-refractivity contribution >= 4 is 12.0 Å². The number of hydrogen-bond donors (Lipinski definition) is 2. The van der Waals surface area contributed by atoms with Gasteiger partial charge in [0, 0.05) is 12.1 Å². The quantitative estimate of drug-likeness (QED) is 0.839. The number of benzene rings is 1. The van der Waals surface area contributed by atoms with E-state index >= 15 is 0 Å².